The van der Waals surface area contributed by atoms with E-state index < -0.39 is 0 Å². The zero-order valence-electron chi connectivity index (χ0n) is 11.8. The minimum atomic E-state index is -0.0176. The zero-order chi connectivity index (χ0) is 13.8. The van der Waals surface area contributed by atoms with Gasteiger partial charge in [-0.1, -0.05) is 36.4 Å². The first-order chi connectivity index (χ1) is 9.08. The highest BCUT2D eigenvalue weighted by molar-refractivity contribution is 5.36. The summed E-state index contributed by atoms with van der Waals surface area (Å²) < 4.78 is 5.90. The normalized spacial score (nSPS) is 12.2. The Kier molecular flexibility index (Phi) is 4.23. The topological polar surface area (TPSA) is 35.2 Å². The van der Waals surface area contributed by atoms with Gasteiger partial charge in [-0.15, -0.1) is 0 Å². The summed E-state index contributed by atoms with van der Waals surface area (Å²) >= 11 is 0. The fraction of sp³-hybridized carbons (Fsp3) is 0.294. The predicted molar refractivity (Wildman–Crippen MR) is 79.3 cm³/mol. The molecule has 1 atom stereocenters. The molecule has 2 aromatic rings. The Hall–Kier alpha value is -1.80. The van der Waals surface area contributed by atoms with Crippen LogP contribution in [0.2, 0.25) is 0 Å². The molecule has 0 spiro atoms. The van der Waals surface area contributed by atoms with E-state index >= 15 is 0 Å². The third kappa shape index (κ3) is 3.36. The number of ether oxygens (including phenoxy) is 1. The van der Waals surface area contributed by atoms with Crippen LogP contribution in [0.1, 0.15) is 35.2 Å². The van der Waals surface area contributed by atoms with E-state index in [1.54, 1.807) is 0 Å². The highest BCUT2D eigenvalue weighted by atomic mass is 16.5. The molecule has 0 aliphatic carbocycles. The molecule has 0 bridgehead atoms. The average Bonchev–Trinajstić information content (AvgIpc) is 2.40. The van der Waals surface area contributed by atoms with E-state index in [-0.39, 0.29) is 6.04 Å². The number of hydrogen-bond acceptors (Lipinski definition) is 2. The van der Waals surface area contributed by atoms with Gasteiger partial charge in [0.25, 0.3) is 0 Å². The van der Waals surface area contributed by atoms with Crippen LogP contribution in [0.25, 0.3) is 0 Å². The Morgan fingerprint density at radius 3 is 2.47 bits per heavy atom. The molecule has 0 unspecified atom stereocenters. The smallest absolute Gasteiger partial charge is 0.124 e. The van der Waals surface area contributed by atoms with Gasteiger partial charge < -0.3 is 10.5 Å². The number of benzene rings is 2. The fourth-order valence-electron chi connectivity index (χ4n) is 2.04. The second-order valence-electron chi connectivity index (χ2n) is 5.03. The lowest BCUT2D eigenvalue weighted by molar-refractivity contribution is 0.301. The minimum absolute atomic E-state index is 0.0176. The van der Waals surface area contributed by atoms with E-state index in [2.05, 4.69) is 32.0 Å². The van der Waals surface area contributed by atoms with E-state index in [0.717, 1.165) is 11.3 Å². The molecular weight excluding hydrogens is 234 g/mol. The quantitative estimate of drug-likeness (QED) is 0.899. The van der Waals surface area contributed by atoms with Gasteiger partial charge in [0, 0.05) is 11.6 Å². The highest BCUT2D eigenvalue weighted by Gasteiger charge is 2.07. The van der Waals surface area contributed by atoms with Gasteiger partial charge in [-0.3, -0.25) is 0 Å². The van der Waals surface area contributed by atoms with E-state index in [0.29, 0.717) is 6.61 Å². The molecule has 0 aliphatic rings. The highest BCUT2D eigenvalue weighted by Crippen LogP contribution is 2.24. The van der Waals surface area contributed by atoms with E-state index in [1.165, 1.54) is 16.7 Å². The zero-order valence-corrected chi connectivity index (χ0v) is 11.8. The van der Waals surface area contributed by atoms with Crippen LogP contribution in [-0.2, 0) is 6.61 Å². The Bertz CT molecular complexity index is 561. The summed E-state index contributed by atoms with van der Waals surface area (Å²) in [4.78, 5) is 0. The lowest BCUT2D eigenvalue weighted by Gasteiger charge is -2.14. The maximum absolute atomic E-state index is 5.95. The van der Waals surface area contributed by atoms with Gasteiger partial charge in [-0.25, -0.2) is 0 Å². The number of rotatable bonds is 4. The molecular formula is C17H21NO. The van der Waals surface area contributed by atoms with Crippen LogP contribution < -0.4 is 10.5 Å². The maximum atomic E-state index is 5.95. The van der Waals surface area contributed by atoms with Crippen molar-refractivity contribution in [2.24, 2.45) is 5.73 Å². The van der Waals surface area contributed by atoms with Crippen molar-refractivity contribution in [3.8, 4) is 5.75 Å². The first-order valence-corrected chi connectivity index (χ1v) is 6.61. The van der Waals surface area contributed by atoms with Crippen LogP contribution in [-0.4, -0.2) is 0 Å². The van der Waals surface area contributed by atoms with Gasteiger partial charge in [0.1, 0.15) is 12.4 Å². The Morgan fingerprint density at radius 1 is 1.05 bits per heavy atom. The number of nitrogens with two attached hydrogens (primary N) is 1. The maximum Gasteiger partial charge on any atom is 0.124 e. The summed E-state index contributed by atoms with van der Waals surface area (Å²) in [5.41, 5.74) is 10.8. The summed E-state index contributed by atoms with van der Waals surface area (Å²) in [6.45, 7) is 6.78. The van der Waals surface area contributed by atoms with Crippen molar-refractivity contribution in [2.75, 3.05) is 0 Å². The molecule has 2 nitrogen and oxygen atoms in total. The monoisotopic (exact) mass is 255 g/mol. The van der Waals surface area contributed by atoms with Crippen LogP contribution in [0.4, 0.5) is 0 Å². The van der Waals surface area contributed by atoms with Crippen LogP contribution in [0.3, 0.4) is 0 Å². The molecule has 19 heavy (non-hydrogen) atoms. The van der Waals surface area contributed by atoms with Gasteiger partial charge in [0.2, 0.25) is 0 Å². The van der Waals surface area contributed by atoms with Crippen molar-refractivity contribution in [1.82, 2.24) is 0 Å². The molecule has 0 radical (unpaired) electrons. The standard InChI is InChI=1S/C17H21NO/c1-12-8-9-15(10-13(12)2)11-19-17-7-5-4-6-16(17)14(3)18/h4-10,14H,11,18H2,1-3H3/t14-/m0/s1. The SMILES string of the molecule is Cc1ccc(COc2ccccc2[C@H](C)N)cc1C. The van der Waals surface area contributed by atoms with Crippen LogP contribution in [0.5, 0.6) is 5.75 Å². The largest absolute Gasteiger partial charge is 0.489 e. The van der Waals surface area contributed by atoms with Crippen molar-refractivity contribution in [3.63, 3.8) is 0 Å². The lowest BCUT2D eigenvalue weighted by Crippen LogP contribution is -2.08. The Labute approximate surface area is 115 Å². The van der Waals surface area contributed by atoms with Crippen molar-refractivity contribution < 1.29 is 4.74 Å². The predicted octanol–water partition coefficient (Wildman–Crippen LogP) is 3.90. The summed E-state index contributed by atoms with van der Waals surface area (Å²) in [5.74, 6) is 0.871. The second kappa shape index (κ2) is 5.89. The average molecular weight is 255 g/mol. The molecule has 0 amide bonds. The fourth-order valence-corrected chi connectivity index (χ4v) is 2.04. The Balaban J connectivity index is 2.12. The molecule has 0 saturated carbocycles. The van der Waals surface area contributed by atoms with Gasteiger partial charge in [0.15, 0.2) is 0 Å². The summed E-state index contributed by atoms with van der Waals surface area (Å²) in [6.07, 6.45) is 0. The second-order valence-corrected chi connectivity index (χ2v) is 5.03. The molecule has 2 heteroatoms. The van der Waals surface area contributed by atoms with E-state index in [1.807, 2.05) is 31.2 Å². The van der Waals surface area contributed by atoms with Crippen LogP contribution in [0, 0.1) is 13.8 Å². The first-order valence-electron chi connectivity index (χ1n) is 6.61. The van der Waals surface area contributed by atoms with Gasteiger partial charge >= 0.3 is 0 Å². The molecule has 2 rings (SSSR count). The molecule has 100 valence electrons. The van der Waals surface area contributed by atoms with Crippen molar-refractivity contribution in [2.45, 2.75) is 33.4 Å². The molecule has 0 fully saturated rings. The summed E-state index contributed by atoms with van der Waals surface area (Å²) in [7, 11) is 0. The van der Waals surface area contributed by atoms with Crippen molar-refractivity contribution in [1.29, 1.82) is 0 Å². The van der Waals surface area contributed by atoms with Crippen molar-refractivity contribution in [3.05, 3.63) is 64.7 Å². The van der Waals surface area contributed by atoms with Crippen LogP contribution >= 0.6 is 0 Å². The number of para-hydroxylation sites is 1. The molecule has 0 heterocycles. The molecule has 0 saturated heterocycles. The molecule has 2 aromatic carbocycles. The summed E-state index contributed by atoms with van der Waals surface area (Å²) in [5, 5.41) is 0. The Morgan fingerprint density at radius 2 is 1.79 bits per heavy atom. The van der Waals surface area contributed by atoms with E-state index in [4.69, 9.17) is 10.5 Å². The third-order valence-corrected chi connectivity index (χ3v) is 3.38. The van der Waals surface area contributed by atoms with Crippen LogP contribution in [0.15, 0.2) is 42.5 Å². The molecule has 0 aliphatic heterocycles. The minimum Gasteiger partial charge on any atom is -0.489 e. The summed E-state index contributed by atoms with van der Waals surface area (Å²) in [6, 6.07) is 14.3. The molecule has 2 N–H and O–H groups in total. The number of hydrogen-bond donors (Lipinski definition) is 1. The third-order valence-electron chi connectivity index (χ3n) is 3.38. The van der Waals surface area contributed by atoms with E-state index in [9.17, 15) is 0 Å². The lowest BCUT2D eigenvalue weighted by atomic mass is 10.1. The molecule has 0 aromatic heterocycles. The van der Waals surface area contributed by atoms with Crippen molar-refractivity contribution >= 4 is 0 Å². The van der Waals surface area contributed by atoms with Gasteiger partial charge in [-0.05, 0) is 43.5 Å². The first kappa shape index (κ1) is 13.6. The van der Waals surface area contributed by atoms with Gasteiger partial charge in [-0.2, -0.15) is 0 Å². The van der Waals surface area contributed by atoms with Gasteiger partial charge in [0.05, 0.1) is 0 Å². The number of aryl methyl sites for hydroxylation is 2.